The summed E-state index contributed by atoms with van der Waals surface area (Å²) in [5.41, 5.74) is 2.28. The van der Waals surface area contributed by atoms with E-state index in [1.165, 1.54) is 18.4 Å². The Morgan fingerprint density at radius 1 is 1.32 bits per heavy atom. The van der Waals surface area contributed by atoms with Crippen LogP contribution in [-0.4, -0.2) is 36.2 Å². The van der Waals surface area contributed by atoms with Gasteiger partial charge in [0, 0.05) is 20.6 Å². The third kappa shape index (κ3) is 2.45. The number of nitrogens with zero attached hydrogens (tertiary/aromatic N) is 3. The zero-order chi connectivity index (χ0) is 13.2. The first-order chi connectivity index (χ1) is 9.25. The Labute approximate surface area is 114 Å². The maximum Gasteiger partial charge on any atom is 0.206 e. The maximum absolute atomic E-state index is 4.75. The van der Waals surface area contributed by atoms with Gasteiger partial charge in [0.05, 0.1) is 11.0 Å². The van der Waals surface area contributed by atoms with E-state index in [9.17, 15) is 0 Å². The molecule has 0 aliphatic carbocycles. The molecule has 1 aliphatic heterocycles. The lowest BCUT2D eigenvalue weighted by Gasteiger charge is -2.28. The van der Waals surface area contributed by atoms with Crippen LogP contribution < -0.4 is 10.2 Å². The van der Waals surface area contributed by atoms with Crippen molar-refractivity contribution >= 4 is 17.0 Å². The van der Waals surface area contributed by atoms with Crippen LogP contribution >= 0.6 is 0 Å². The second kappa shape index (κ2) is 5.21. The summed E-state index contributed by atoms with van der Waals surface area (Å²) >= 11 is 0. The van der Waals surface area contributed by atoms with Crippen molar-refractivity contribution in [1.29, 1.82) is 0 Å². The number of aromatic nitrogens is 2. The van der Waals surface area contributed by atoms with Gasteiger partial charge in [-0.05, 0) is 44.0 Å². The van der Waals surface area contributed by atoms with Gasteiger partial charge in [-0.1, -0.05) is 12.1 Å². The molecule has 4 nitrogen and oxygen atoms in total. The molecule has 0 bridgehead atoms. The number of fused-ring (bicyclic) bond motifs is 1. The molecule has 0 amide bonds. The second-order valence-electron chi connectivity index (χ2n) is 5.53. The van der Waals surface area contributed by atoms with Gasteiger partial charge >= 0.3 is 0 Å². The van der Waals surface area contributed by atoms with Crippen molar-refractivity contribution in [2.75, 3.05) is 31.6 Å². The quantitative estimate of drug-likeness (QED) is 0.914. The van der Waals surface area contributed by atoms with Gasteiger partial charge in [0.15, 0.2) is 0 Å². The Morgan fingerprint density at radius 3 is 2.79 bits per heavy atom. The number of hydrogen-bond acceptors (Lipinski definition) is 3. The van der Waals surface area contributed by atoms with Crippen molar-refractivity contribution in [1.82, 2.24) is 14.9 Å². The average Bonchev–Trinajstić information content (AvgIpc) is 2.78. The van der Waals surface area contributed by atoms with E-state index in [0.717, 1.165) is 37.0 Å². The summed E-state index contributed by atoms with van der Waals surface area (Å²) in [5, 5.41) is 3.42. The van der Waals surface area contributed by atoms with Crippen molar-refractivity contribution < 1.29 is 0 Å². The fraction of sp³-hybridized carbons (Fsp3) is 0.533. The first kappa shape index (κ1) is 12.5. The molecule has 3 rings (SSSR count). The molecule has 0 saturated carbocycles. The molecule has 1 N–H and O–H groups in total. The van der Waals surface area contributed by atoms with Crippen LogP contribution in [0, 0.1) is 5.92 Å². The van der Waals surface area contributed by atoms with Crippen LogP contribution in [0.3, 0.4) is 0 Å². The van der Waals surface area contributed by atoms with Gasteiger partial charge in [0.1, 0.15) is 0 Å². The van der Waals surface area contributed by atoms with E-state index >= 15 is 0 Å². The van der Waals surface area contributed by atoms with Crippen molar-refractivity contribution in [3.8, 4) is 0 Å². The number of benzene rings is 1. The number of aryl methyl sites for hydroxylation is 1. The molecule has 2 aromatic rings. The first-order valence-corrected chi connectivity index (χ1v) is 7.09. The Kier molecular flexibility index (Phi) is 3.42. The van der Waals surface area contributed by atoms with Crippen molar-refractivity contribution in [2.45, 2.75) is 12.8 Å². The third-order valence-electron chi connectivity index (χ3n) is 4.10. The minimum Gasteiger partial charge on any atom is -0.345 e. The highest BCUT2D eigenvalue weighted by Gasteiger charge is 2.18. The number of nitrogens with one attached hydrogen (secondary N) is 1. The molecule has 1 saturated heterocycles. The predicted molar refractivity (Wildman–Crippen MR) is 79.6 cm³/mol. The molecule has 1 aliphatic rings. The lowest BCUT2D eigenvalue weighted by molar-refractivity contribution is 0.376. The van der Waals surface area contributed by atoms with Gasteiger partial charge in [-0.3, -0.25) is 0 Å². The fourth-order valence-corrected chi connectivity index (χ4v) is 3.01. The van der Waals surface area contributed by atoms with E-state index < -0.39 is 0 Å². The van der Waals surface area contributed by atoms with Crippen LogP contribution in [0.15, 0.2) is 24.3 Å². The van der Waals surface area contributed by atoms with E-state index in [1.54, 1.807) is 0 Å². The van der Waals surface area contributed by atoms with Crippen LogP contribution in [0.5, 0.6) is 0 Å². The summed E-state index contributed by atoms with van der Waals surface area (Å²) in [6, 6.07) is 8.33. The molecule has 2 heterocycles. The van der Waals surface area contributed by atoms with Gasteiger partial charge in [-0.2, -0.15) is 0 Å². The third-order valence-corrected chi connectivity index (χ3v) is 4.10. The summed E-state index contributed by atoms with van der Waals surface area (Å²) < 4.78 is 2.19. The summed E-state index contributed by atoms with van der Waals surface area (Å²) in [5.74, 6) is 1.85. The number of piperidine rings is 1. The average molecular weight is 258 g/mol. The van der Waals surface area contributed by atoms with Gasteiger partial charge in [0.2, 0.25) is 5.95 Å². The number of hydrogen-bond donors (Lipinski definition) is 1. The molecule has 19 heavy (non-hydrogen) atoms. The highest BCUT2D eigenvalue weighted by atomic mass is 15.3. The molecule has 4 heteroatoms. The molecule has 0 spiro atoms. The zero-order valence-corrected chi connectivity index (χ0v) is 11.8. The molecule has 0 radical (unpaired) electrons. The van der Waals surface area contributed by atoms with E-state index in [-0.39, 0.29) is 0 Å². The molecule has 1 aromatic carbocycles. The van der Waals surface area contributed by atoms with E-state index in [1.807, 2.05) is 6.07 Å². The topological polar surface area (TPSA) is 33.1 Å². The summed E-state index contributed by atoms with van der Waals surface area (Å²) in [6.45, 7) is 3.40. The molecular formula is C15H22N4. The number of para-hydroxylation sites is 2. The molecule has 1 aromatic heterocycles. The first-order valence-electron chi connectivity index (χ1n) is 7.09. The molecule has 102 valence electrons. The smallest absolute Gasteiger partial charge is 0.206 e. The van der Waals surface area contributed by atoms with E-state index in [2.05, 4.69) is 47.1 Å². The lowest BCUT2D eigenvalue weighted by Crippen LogP contribution is -2.35. The SMILES string of the molecule is CN(CC1CCNCC1)c1nc2ccccc2n1C. The van der Waals surface area contributed by atoms with Crippen LogP contribution in [-0.2, 0) is 7.05 Å². The van der Waals surface area contributed by atoms with Crippen LogP contribution in [0.25, 0.3) is 11.0 Å². The van der Waals surface area contributed by atoms with Gasteiger partial charge in [-0.25, -0.2) is 4.98 Å². The highest BCUT2D eigenvalue weighted by Crippen LogP contribution is 2.22. The fourth-order valence-electron chi connectivity index (χ4n) is 3.01. The summed E-state index contributed by atoms with van der Waals surface area (Å²) in [4.78, 5) is 7.05. The van der Waals surface area contributed by atoms with Crippen molar-refractivity contribution in [3.63, 3.8) is 0 Å². The van der Waals surface area contributed by atoms with Crippen LogP contribution in [0.4, 0.5) is 5.95 Å². The highest BCUT2D eigenvalue weighted by molar-refractivity contribution is 5.78. The van der Waals surface area contributed by atoms with Gasteiger partial charge < -0.3 is 14.8 Å². The molecule has 0 atom stereocenters. The number of rotatable bonds is 3. The minimum absolute atomic E-state index is 0.783. The van der Waals surface area contributed by atoms with E-state index in [0.29, 0.717) is 0 Å². The van der Waals surface area contributed by atoms with Crippen LogP contribution in [0.2, 0.25) is 0 Å². The van der Waals surface area contributed by atoms with Crippen LogP contribution in [0.1, 0.15) is 12.8 Å². The molecule has 1 fully saturated rings. The normalized spacial score (nSPS) is 16.9. The Bertz CT molecular complexity index is 554. The Hall–Kier alpha value is -1.55. The molecular weight excluding hydrogens is 236 g/mol. The van der Waals surface area contributed by atoms with Crippen molar-refractivity contribution in [2.24, 2.45) is 13.0 Å². The maximum atomic E-state index is 4.75. The predicted octanol–water partition coefficient (Wildman–Crippen LogP) is 2.01. The lowest BCUT2D eigenvalue weighted by atomic mass is 9.98. The Morgan fingerprint density at radius 2 is 2.05 bits per heavy atom. The molecule has 0 unspecified atom stereocenters. The zero-order valence-electron chi connectivity index (χ0n) is 11.8. The monoisotopic (exact) mass is 258 g/mol. The van der Waals surface area contributed by atoms with E-state index in [4.69, 9.17) is 4.98 Å². The summed E-state index contributed by atoms with van der Waals surface area (Å²) in [6.07, 6.45) is 2.54. The standard InChI is InChI=1S/C15H22N4/c1-18(11-12-7-9-16-10-8-12)15-17-13-5-3-4-6-14(13)19(15)2/h3-6,12,16H,7-11H2,1-2H3. The second-order valence-corrected chi connectivity index (χ2v) is 5.53. The minimum atomic E-state index is 0.783. The van der Waals surface area contributed by atoms with Crippen molar-refractivity contribution in [3.05, 3.63) is 24.3 Å². The van der Waals surface area contributed by atoms with Gasteiger partial charge in [-0.15, -0.1) is 0 Å². The summed E-state index contributed by atoms with van der Waals surface area (Å²) in [7, 11) is 4.26. The largest absolute Gasteiger partial charge is 0.345 e. The van der Waals surface area contributed by atoms with Gasteiger partial charge in [0.25, 0.3) is 0 Å². The number of imidazole rings is 1. The Balaban J connectivity index is 1.80. The number of anilines is 1.